The summed E-state index contributed by atoms with van der Waals surface area (Å²) in [5.74, 6) is 1.78. The number of rotatable bonds is 5. The fourth-order valence-corrected chi connectivity index (χ4v) is 3.22. The van der Waals surface area contributed by atoms with E-state index in [-0.39, 0.29) is 11.9 Å². The van der Waals surface area contributed by atoms with E-state index in [1.165, 1.54) is 5.56 Å². The van der Waals surface area contributed by atoms with Crippen LogP contribution in [0.15, 0.2) is 18.2 Å². The average Bonchev–Trinajstić information content (AvgIpc) is 2.64. The Bertz CT molecular complexity index is 851. The number of ether oxygens (including phenoxy) is 2. The number of anilines is 1. The quantitative estimate of drug-likeness (QED) is 0.872. The fourth-order valence-electron chi connectivity index (χ4n) is 3.22. The maximum Gasteiger partial charge on any atom is 0.272 e. The van der Waals surface area contributed by atoms with Gasteiger partial charge in [-0.1, -0.05) is 0 Å². The first kappa shape index (κ1) is 18.9. The zero-order chi connectivity index (χ0) is 19.6. The second-order valence-electron chi connectivity index (χ2n) is 6.97. The number of aryl methyl sites for hydroxylation is 1. The van der Waals surface area contributed by atoms with Gasteiger partial charge < -0.3 is 19.7 Å². The highest BCUT2D eigenvalue weighted by Crippen LogP contribution is 2.33. The van der Waals surface area contributed by atoms with Gasteiger partial charge in [-0.15, -0.1) is 0 Å². The van der Waals surface area contributed by atoms with Gasteiger partial charge in [0.2, 0.25) is 5.95 Å². The molecule has 3 rings (SSSR count). The molecule has 0 unspecified atom stereocenters. The van der Waals surface area contributed by atoms with Crippen LogP contribution in [0.5, 0.6) is 11.5 Å². The van der Waals surface area contributed by atoms with Gasteiger partial charge in [0, 0.05) is 24.8 Å². The van der Waals surface area contributed by atoms with Crippen molar-refractivity contribution in [3.63, 3.8) is 0 Å². The molecule has 0 aliphatic carbocycles. The molecule has 7 nitrogen and oxygen atoms in total. The maximum absolute atomic E-state index is 13.0. The van der Waals surface area contributed by atoms with Crippen molar-refractivity contribution in [2.75, 3.05) is 26.1 Å². The molecule has 1 aliphatic rings. The predicted octanol–water partition coefficient (Wildman–Crippen LogP) is 2.82. The summed E-state index contributed by atoms with van der Waals surface area (Å²) in [6.45, 7) is 7.04. The lowest BCUT2D eigenvalue weighted by molar-refractivity contribution is 0.0728. The SMILES string of the molecule is COc1cc2c(cc1OC)CN(C(=O)c1cc(C)nc(NC(C)C)n1)CC2. The molecule has 0 fully saturated rings. The monoisotopic (exact) mass is 370 g/mol. The highest BCUT2D eigenvalue weighted by atomic mass is 16.5. The number of nitrogens with zero attached hydrogens (tertiary/aromatic N) is 3. The summed E-state index contributed by atoms with van der Waals surface area (Å²) in [5.41, 5.74) is 3.42. The molecule has 27 heavy (non-hydrogen) atoms. The van der Waals surface area contributed by atoms with Crippen molar-refractivity contribution in [3.05, 3.63) is 40.7 Å². The minimum Gasteiger partial charge on any atom is -0.493 e. The zero-order valence-electron chi connectivity index (χ0n) is 16.5. The van der Waals surface area contributed by atoms with E-state index in [2.05, 4.69) is 15.3 Å². The first-order valence-electron chi connectivity index (χ1n) is 9.06. The van der Waals surface area contributed by atoms with Gasteiger partial charge in [0.15, 0.2) is 11.5 Å². The Balaban J connectivity index is 1.84. The molecule has 0 saturated heterocycles. The van der Waals surface area contributed by atoms with Gasteiger partial charge in [0.25, 0.3) is 5.91 Å². The van der Waals surface area contributed by atoms with Crippen LogP contribution in [0.3, 0.4) is 0 Å². The van der Waals surface area contributed by atoms with Crippen molar-refractivity contribution in [2.24, 2.45) is 0 Å². The standard InChI is InChI=1S/C20H26N4O3/c1-12(2)21-20-22-13(3)8-16(23-20)19(25)24-7-6-14-9-17(26-4)18(27-5)10-15(14)11-24/h8-10,12H,6-7,11H2,1-5H3,(H,21,22,23). The molecule has 1 amide bonds. The smallest absolute Gasteiger partial charge is 0.272 e. The molecule has 0 bridgehead atoms. The van der Waals surface area contributed by atoms with Crippen LogP contribution in [0.1, 0.15) is 41.2 Å². The van der Waals surface area contributed by atoms with Crippen molar-refractivity contribution >= 4 is 11.9 Å². The van der Waals surface area contributed by atoms with Crippen LogP contribution >= 0.6 is 0 Å². The average molecular weight is 370 g/mol. The molecule has 1 aliphatic heterocycles. The normalized spacial score (nSPS) is 13.3. The third-order valence-corrected chi connectivity index (χ3v) is 4.50. The molecule has 2 heterocycles. The van der Waals surface area contributed by atoms with Crippen LogP contribution < -0.4 is 14.8 Å². The molecule has 1 N–H and O–H groups in total. The summed E-state index contributed by atoms with van der Waals surface area (Å²) in [6.07, 6.45) is 0.766. The fraction of sp³-hybridized carbons (Fsp3) is 0.450. The number of hydrogen-bond acceptors (Lipinski definition) is 6. The predicted molar refractivity (Wildman–Crippen MR) is 104 cm³/mol. The minimum absolute atomic E-state index is 0.0901. The van der Waals surface area contributed by atoms with Crippen LogP contribution in [-0.2, 0) is 13.0 Å². The van der Waals surface area contributed by atoms with Crippen LogP contribution in [0.25, 0.3) is 0 Å². The summed E-state index contributed by atoms with van der Waals surface area (Å²) >= 11 is 0. The molecule has 0 saturated carbocycles. The van der Waals surface area contributed by atoms with E-state index in [1.807, 2.05) is 37.8 Å². The molecular formula is C20H26N4O3. The number of fused-ring (bicyclic) bond motifs is 1. The Morgan fingerprint density at radius 3 is 2.41 bits per heavy atom. The molecule has 0 spiro atoms. The summed E-state index contributed by atoms with van der Waals surface area (Å²) in [6, 6.07) is 5.87. The number of carbonyl (C=O) groups excluding carboxylic acids is 1. The number of carbonyl (C=O) groups is 1. The van der Waals surface area contributed by atoms with Crippen LogP contribution in [0.4, 0.5) is 5.95 Å². The lowest BCUT2D eigenvalue weighted by Crippen LogP contribution is -2.36. The number of hydrogen-bond donors (Lipinski definition) is 1. The van der Waals surface area contributed by atoms with Crippen molar-refractivity contribution in [2.45, 2.75) is 39.8 Å². The number of amides is 1. The van der Waals surface area contributed by atoms with E-state index in [0.717, 1.165) is 17.7 Å². The molecule has 1 aromatic carbocycles. The third kappa shape index (κ3) is 4.13. The highest BCUT2D eigenvalue weighted by Gasteiger charge is 2.25. The second-order valence-corrected chi connectivity index (χ2v) is 6.97. The zero-order valence-corrected chi connectivity index (χ0v) is 16.5. The lowest BCUT2D eigenvalue weighted by Gasteiger charge is -2.29. The molecule has 7 heteroatoms. The van der Waals surface area contributed by atoms with Crippen molar-refractivity contribution < 1.29 is 14.3 Å². The van der Waals surface area contributed by atoms with E-state index in [9.17, 15) is 4.79 Å². The Hall–Kier alpha value is -2.83. The van der Waals surface area contributed by atoms with Crippen molar-refractivity contribution in [1.82, 2.24) is 14.9 Å². The molecule has 1 aromatic heterocycles. The lowest BCUT2D eigenvalue weighted by atomic mass is 9.98. The van der Waals surface area contributed by atoms with E-state index < -0.39 is 0 Å². The van der Waals surface area contributed by atoms with Crippen molar-refractivity contribution in [1.29, 1.82) is 0 Å². The van der Waals surface area contributed by atoms with E-state index in [4.69, 9.17) is 9.47 Å². The third-order valence-electron chi connectivity index (χ3n) is 4.50. The van der Waals surface area contributed by atoms with Crippen LogP contribution in [0, 0.1) is 6.92 Å². The summed E-state index contributed by atoms with van der Waals surface area (Å²) < 4.78 is 10.8. The Kier molecular flexibility index (Phi) is 5.48. The maximum atomic E-state index is 13.0. The van der Waals surface area contributed by atoms with Gasteiger partial charge in [-0.3, -0.25) is 4.79 Å². The van der Waals surface area contributed by atoms with Crippen LogP contribution in [-0.4, -0.2) is 47.6 Å². The molecule has 2 aromatic rings. The van der Waals surface area contributed by atoms with Gasteiger partial charge in [0.05, 0.1) is 14.2 Å². The van der Waals surface area contributed by atoms with E-state index >= 15 is 0 Å². The number of nitrogens with one attached hydrogen (secondary N) is 1. The molecule has 0 atom stereocenters. The molecule has 0 radical (unpaired) electrons. The van der Waals surface area contributed by atoms with Crippen molar-refractivity contribution in [3.8, 4) is 11.5 Å². The summed E-state index contributed by atoms with van der Waals surface area (Å²) in [7, 11) is 3.24. The Morgan fingerprint density at radius 1 is 1.11 bits per heavy atom. The van der Waals surface area contributed by atoms with Gasteiger partial charge >= 0.3 is 0 Å². The summed E-state index contributed by atoms with van der Waals surface area (Å²) in [4.78, 5) is 23.6. The Morgan fingerprint density at radius 2 is 1.78 bits per heavy atom. The second kappa shape index (κ2) is 7.82. The molecule has 144 valence electrons. The van der Waals surface area contributed by atoms with Gasteiger partial charge in [-0.25, -0.2) is 9.97 Å². The molecular weight excluding hydrogens is 344 g/mol. The van der Waals surface area contributed by atoms with E-state index in [0.29, 0.717) is 36.2 Å². The van der Waals surface area contributed by atoms with Gasteiger partial charge in [0.1, 0.15) is 5.69 Å². The van der Waals surface area contributed by atoms with Gasteiger partial charge in [-0.05, 0) is 56.5 Å². The van der Waals surface area contributed by atoms with Crippen LogP contribution in [0.2, 0.25) is 0 Å². The topological polar surface area (TPSA) is 76.6 Å². The largest absolute Gasteiger partial charge is 0.493 e. The first-order chi connectivity index (χ1) is 12.9. The number of methoxy groups -OCH3 is 2. The minimum atomic E-state index is -0.0901. The Labute approximate surface area is 159 Å². The first-order valence-corrected chi connectivity index (χ1v) is 9.06. The van der Waals surface area contributed by atoms with Gasteiger partial charge in [-0.2, -0.15) is 0 Å². The number of benzene rings is 1. The van der Waals surface area contributed by atoms with E-state index in [1.54, 1.807) is 20.3 Å². The number of aromatic nitrogens is 2. The highest BCUT2D eigenvalue weighted by molar-refractivity contribution is 5.92. The summed E-state index contributed by atoms with van der Waals surface area (Å²) in [5, 5.41) is 3.16.